The summed E-state index contributed by atoms with van der Waals surface area (Å²) in [6, 6.07) is 5.65. The number of benzene rings is 1. The van der Waals surface area contributed by atoms with E-state index in [9.17, 15) is 5.11 Å². The van der Waals surface area contributed by atoms with E-state index in [4.69, 9.17) is 17.3 Å². The van der Waals surface area contributed by atoms with E-state index in [0.29, 0.717) is 11.1 Å². The summed E-state index contributed by atoms with van der Waals surface area (Å²) in [5, 5.41) is 9.89. The molecule has 0 amide bonds. The quantitative estimate of drug-likeness (QED) is 0.877. The number of rotatable bonds is 3. The Labute approximate surface area is 104 Å². The van der Waals surface area contributed by atoms with Crippen molar-refractivity contribution in [2.45, 2.75) is 24.9 Å². The van der Waals surface area contributed by atoms with Gasteiger partial charge in [-0.15, -0.1) is 0 Å². The number of aliphatic hydroxyl groups excluding tert-OH is 1. The van der Waals surface area contributed by atoms with E-state index in [1.54, 1.807) is 0 Å². The minimum atomic E-state index is -0.445. The lowest BCUT2D eigenvalue weighted by Gasteiger charge is -2.12. The first-order valence-corrected chi connectivity index (χ1v) is 6.13. The summed E-state index contributed by atoms with van der Waals surface area (Å²) in [7, 11) is 0. The molecule has 0 bridgehead atoms. The second-order valence-corrected chi connectivity index (χ2v) is 4.88. The van der Waals surface area contributed by atoms with Crippen molar-refractivity contribution in [2.24, 2.45) is 5.73 Å². The molecule has 1 aliphatic rings. The fourth-order valence-electron chi connectivity index (χ4n) is 2.17. The Morgan fingerprint density at radius 3 is 2.94 bits per heavy atom. The second kappa shape index (κ2) is 3.98. The van der Waals surface area contributed by atoms with E-state index in [1.165, 1.54) is 0 Å². The number of nitrogens with zero attached hydrogens (tertiary/aromatic N) is 2. The SMILES string of the molecule is NC(CO)c1nc2cccc(Cl)c2n1C1CC1. The zero-order valence-electron chi connectivity index (χ0n) is 9.31. The molecule has 2 aromatic rings. The molecule has 17 heavy (non-hydrogen) atoms. The largest absolute Gasteiger partial charge is 0.394 e. The molecule has 1 aliphatic carbocycles. The summed E-state index contributed by atoms with van der Waals surface area (Å²) in [6.45, 7) is -0.104. The molecule has 1 saturated carbocycles. The Morgan fingerprint density at radius 1 is 1.53 bits per heavy atom. The molecule has 1 heterocycles. The van der Waals surface area contributed by atoms with Gasteiger partial charge in [0.2, 0.25) is 0 Å². The number of hydrogen-bond acceptors (Lipinski definition) is 3. The molecule has 3 N–H and O–H groups in total. The molecular formula is C12H14ClN3O. The predicted molar refractivity (Wildman–Crippen MR) is 67.0 cm³/mol. The van der Waals surface area contributed by atoms with Crippen LogP contribution in [-0.4, -0.2) is 21.3 Å². The van der Waals surface area contributed by atoms with Crippen LogP contribution in [0.15, 0.2) is 18.2 Å². The third-order valence-electron chi connectivity index (χ3n) is 3.13. The first-order valence-electron chi connectivity index (χ1n) is 5.75. The van der Waals surface area contributed by atoms with Gasteiger partial charge in [-0.2, -0.15) is 0 Å². The molecule has 4 nitrogen and oxygen atoms in total. The topological polar surface area (TPSA) is 64.1 Å². The summed E-state index contributed by atoms with van der Waals surface area (Å²) in [5.74, 6) is 0.734. The molecule has 1 atom stereocenters. The van der Waals surface area contributed by atoms with Crippen molar-refractivity contribution in [3.8, 4) is 0 Å². The van der Waals surface area contributed by atoms with E-state index >= 15 is 0 Å². The standard InChI is InChI=1S/C12H14ClN3O/c13-8-2-1-3-10-11(8)16(7-4-5-7)12(15-10)9(14)6-17/h1-3,7,9,17H,4-6,14H2. The van der Waals surface area contributed by atoms with Crippen molar-refractivity contribution in [1.29, 1.82) is 0 Å². The number of imidazole rings is 1. The van der Waals surface area contributed by atoms with Gasteiger partial charge in [0, 0.05) is 6.04 Å². The summed E-state index contributed by atoms with van der Waals surface area (Å²) in [6.07, 6.45) is 2.25. The van der Waals surface area contributed by atoms with Gasteiger partial charge in [-0.05, 0) is 25.0 Å². The van der Waals surface area contributed by atoms with Gasteiger partial charge in [0.05, 0.1) is 28.7 Å². The highest BCUT2D eigenvalue weighted by Crippen LogP contribution is 2.41. The molecule has 1 unspecified atom stereocenters. The van der Waals surface area contributed by atoms with Crippen molar-refractivity contribution in [3.05, 3.63) is 29.0 Å². The first-order chi connectivity index (χ1) is 8.22. The van der Waals surface area contributed by atoms with Gasteiger partial charge in [-0.1, -0.05) is 17.7 Å². The fourth-order valence-corrected chi connectivity index (χ4v) is 2.43. The van der Waals surface area contributed by atoms with Crippen molar-refractivity contribution >= 4 is 22.6 Å². The van der Waals surface area contributed by atoms with E-state index in [-0.39, 0.29) is 6.61 Å². The lowest BCUT2D eigenvalue weighted by Crippen LogP contribution is -2.19. The number of aromatic nitrogens is 2. The van der Waals surface area contributed by atoms with Crippen LogP contribution in [0.4, 0.5) is 0 Å². The maximum atomic E-state index is 9.20. The zero-order valence-corrected chi connectivity index (χ0v) is 10.1. The maximum absolute atomic E-state index is 9.20. The smallest absolute Gasteiger partial charge is 0.129 e. The average Bonchev–Trinajstić information content (AvgIpc) is 3.09. The number of para-hydroxylation sites is 1. The van der Waals surface area contributed by atoms with Crippen LogP contribution < -0.4 is 5.73 Å². The van der Waals surface area contributed by atoms with Crippen molar-refractivity contribution in [1.82, 2.24) is 9.55 Å². The van der Waals surface area contributed by atoms with E-state index in [0.717, 1.165) is 29.7 Å². The van der Waals surface area contributed by atoms with Crippen LogP contribution >= 0.6 is 11.6 Å². The number of fused-ring (bicyclic) bond motifs is 1. The van der Waals surface area contributed by atoms with Gasteiger partial charge in [0.15, 0.2) is 0 Å². The summed E-state index contributed by atoms with van der Waals surface area (Å²) < 4.78 is 2.10. The minimum Gasteiger partial charge on any atom is -0.394 e. The van der Waals surface area contributed by atoms with Crippen molar-refractivity contribution in [2.75, 3.05) is 6.61 Å². The molecular weight excluding hydrogens is 238 g/mol. The maximum Gasteiger partial charge on any atom is 0.129 e. The molecule has 3 rings (SSSR count). The monoisotopic (exact) mass is 251 g/mol. The van der Waals surface area contributed by atoms with Crippen LogP contribution in [0.25, 0.3) is 11.0 Å². The van der Waals surface area contributed by atoms with Gasteiger partial charge in [0.25, 0.3) is 0 Å². The molecule has 0 aliphatic heterocycles. The number of hydrogen-bond donors (Lipinski definition) is 2. The highest BCUT2D eigenvalue weighted by Gasteiger charge is 2.30. The van der Waals surface area contributed by atoms with Gasteiger partial charge in [0.1, 0.15) is 5.82 Å². The zero-order chi connectivity index (χ0) is 12.0. The van der Waals surface area contributed by atoms with E-state index < -0.39 is 6.04 Å². The number of halogens is 1. The predicted octanol–water partition coefficient (Wildman–Crippen LogP) is 2.02. The lowest BCUT2D eigenvalue weighted by atomic mass is 10.3. The van der Waals surface area contributed by atoms with Crippen LogP contribution in [-0.2, 0) is 0 Å². The van der Waals surface area contributed by atoms with Crippen LogP contribution in [0, 0.1) is 0 Å². The Bertz CT molecular complexity index is 562. The Kier molecular flexibility index (Phi) is 2.58. The third kappa shape index (κ3) is 1.73. The Hall–Kier alpha value is -1.10. The molecule has 0 spiro atoms. The lowest BCUT2D eigenvalue weighted by molar-refractivity contribution is 0.261. The normalized spacial score (nSPS) is 17.6. The van der Waals surface area contributed by atoms with Crippen molar-refractivity contribution in [3.63, 3.8) is 0 Å². The van der Waals surface area contributed by atoms with E-state index in [2.05, 4.69) is 9.55 Å². The highest BCUT2D eigenvalue weighted by molar-refractivity contribution is 6.35. The van der Waals surface area contributed by atoms with Gasteiger partial charge < -0.3 is 15.4 Å². The summed E-state index contributed by atoms with van der Waals surface area (Å²) in [4.78, 5) is 4.50. The molecule has 90 valence electrons. The third-order valence-corrected chi connectivity index (χ3v) is 3.43. The first kappa shape index (κ1) is 11.0. The Morgan fingerprint density at radius 2 is 2.29 bits per heavy atom. The molecule has 1 aromatic heterocycles. The average molecular weight is 252 g/mol. The number of aliphatic hydroxyl groups is 1. The molecule has 5 heteroatoms. The Balaban J connectivity index is 2.28. The van der Waals surface area contributed by atoms with Crippen LogP contribution in [0.1, 0.15) is 30.7 Å². The molecule has 1 fully saturated rings. The van der Waals surface area contributed by atoms with Crippen molar-refractivity contribution < 1.29 is 5.11 Å². The van der Waals surface area contributed by atoms with E-state index in [1.807, 2.05) is 18.2 Å². The van der Waals surface area contributed by atoms with Gasteiger partial charge >= 0.3 is 0 Å². The van der Waals surface area contributed by atoms with Gasteiger partial charge in [-0.25, -0.2) is 4.98 Å². The van der Waals surface area contributed by atoms with Crippen LogP contribution in [0.3, 0.4) is 0 Å². The number of nitrogens with two attached hydrogens (primary N) is 1. The molecule has 0 saturated heterocycles. The van der Waals surface area contributed by atoms with Crippen LogP contribution in [0.5, 0.6) is 0 Å². The van der Waals surface area contributed by atoms with Crippen LogP contribution in [0.2, 0.25) is 5.02 Å². The summed E-state index contributed by atoms with van der Waals surface area (Å²) >= 11 is 6.23. The van der Waals surface area contributed by atoms with Gasteiger partial charge in [-0.3, -0.25) is 0 Å². The molecule has 1 aromatic carbocycles. The molecule has 0 radical (unpaired) electrons. The highest BCUT2D eigenvalue weighted by atomic mass is 35.5. The fraction of sp³-hybridized carbons (Fsp3) is 0.417. The minimum absolute atomic E-state index is 0.104. The summed E-state index contributed by atoms with van der Waals surface area (Å²) in [5.41, 5.74) is 7.69. The second-order valence-electron chi connectivity index (χ2n) is 4.47.